The van der Waals surface area contributed by atoms with Gasteiger partial charge in [0.15, 0.2) is 5.78 Å². The lowest BCUT2D eigenvalue weighted by molar-refractivity contribution is 0.103. The van der Waals surface area contributed by atoms with Crippen LogP contribution >= 0.6 is 0 Å². The number of rotatable bonds is 2. The average Bonchev–Trinajstić information content (AvgIpc) is 2.41. The van der Waals surface area contributed by atoms with Gasteiger partial charge in [0, 0.05) is 18.8 Å². The van der Waals surface area contributed by atoms with Gasteiger partial charge in [-0.1, -0.05) is 12.1 Å². The summed E-state index contributed by atoms with van der Waals surface area (Å²) in [6, 6.07) is 9.10. The molecule has 0 aliphatic carbocycles. The molecule has 0 aliphatic heterocycles. The van der Waals surface area contributed by atoms with E-state index in [0.29, 0.717) is 0 Å². The lowest BCUT2D eigenvalue weighted by Gasteiger charge is -2.06. The summed E-state index contributed by atoms with van der Waals surface area (Å²) in [5.41, 5.74) is -0.259. The molecule has 5 heteroatoms. The van der Waals surface area contributed by atoms with Crippen LogP contribution in [0.25, 0.3) is 0 Å². The second-order valence-electron chi connectivity index (χ2n) is 4.02. The molecule has 0 saturated heterocycles. The highest BCUT2D eigenvalue weighted by molar-refractivity contribution is 6.10. The van der Waals surface area contributed by atoms with Gasteiger partial charge in [-0.15, -0.1) is 0 Å². The second kappa shape index (κ2) is 4.78. The summed E-state index contributed by atoms with van der Waals surface area (Å²) in [4.78, 5) is 23.8. The normalized spacial score (nSPS) is 9.89. The largest absolute Gasteiger partial charge is 0.507 e. The highest BCUT2D eigenvalue weighted by atomic mass is 16.3. The van der Waals surface area contributed by atoms with E-state index >= 15 is 0 Å². The lowest BCUT2D eigenvalue weighted by atomic mass is 10.0. The van der Waals surface area contributed by atoms with Crippen LogP contribution in [0.3, 0.4) is 0 Å². The minimum atomic E-state index is -0.462. The van der Waals surface area contributed by atoms with E-state index in [0.717, 1.165) is 0 Å². The van der Waals surface area contributed by atoms with Gasteiger partial charge < -0.3 is 9.67 Å². The van der Waals surface area contributed by atoms with Gasteiger partial charge in [0.25, 0.3) is 5.56 Å². The van der Waals surface area contributed by atoms with Crippen molar-refractivity contribution in [3.8, 4) is 11.8 Å². The minimum absolute atomic E-state index is 0.108. The Kier molecular flexibility index (Phi) is 3.17. The van der Waals surface area contributed by atoms with Crippen LogP contribution in [0.15, 0.2) is 41.3 Å². The van der Waals surface area contributed by atoms with Crippen LogP contribution in [-0.4, -0.2) is 15.5 Å². The minimum Gasteiger partial charge on any atom is -0.507 e. The van der Waals surface area contributed by atoms with Crippen LogP contribution < -0.4 is 5.56 Å². The predicted octanol–water partition coefficient (Wildman–Crippen LogP) is 1.19. The topological polar surface area (TPSA) is 83.1 Å². The Bertz CT molecular complexity index is 754. The standard InChI is InChI=1S/C14H10N2O3/c1-16-8-10(6-9(7-15)14(16)19)13(18)11-4-2-3-5-12(11)17/h2-6,8,17H,1H3. The lowest BCUT2D eigenvalue weighted by Crippen LogP contribution is -2.21. The molecule has 0 spiro atoms. The Morgan fingerprint density at radius 3 is 2.68 bits per heavy atom. The molecule has 5 nitrogen and oxygen atoms in total. The number of carbonyl (C=O) groups is 1. The van der Waals surface area contributed by atoms with E-state index in [1.807, 2.05) is 0 Å². The summed E-state index contributed by atoms with van der Waals surface area (Å²) < 4.78 is 1.17. The molecule has 2 aromatic rings. The van der Waals surface area contributed by atoms with Crippen LogP contribution in [0.4, 0.5) is 0 Å². The molecule has 1 aromatic carbocycles. The molecule has 1 heterocycles. The maximum Gasteiger partial charge on any atom is 0.268 e. The number of aryl methyl sites for hydroxylation is 1. The molecule has 0 aliphatic rings. The monoisotopic (exact) mass is 254 g/mol. The Labute approximate surface area is 109 Å². The van der Waals surface area contributed by atoms with Gasteiger partial charge in [-0.3, -0.25) is 9.59 Å². The Morgan fingerprint density at radius 2 is 2.05 bits per heavy atom. The van der Waals surface area contributed by atoms with Crippen molar-refractivity contribution in [2.45, 2.75) is 0 Å². The summed E-state index contributed by atoms with van der Waals surface area (Å²) in [7, 11) is 1.46. The summed E-state index contributed by atoms with van der Waals surface area (Å²) in [6.07, 6.45) is 1.35. The van der Waals surface area contributed by atoms with E-state index in [-0.39, 0.29) is 22.4 Å². The first-order valence-corrected chi connectivity index (χ1v) is 5.48. The molecule has 0 unspecified atom stereocenters. The van der Waals surface area contributed by atoms with Crippen LogP contribution in [0.2, 0.25) is 0 Å². The van der Waals surface area contributed by atoms with Crippen molar-refractivity contribution in [3.63, 3.8) is 0 Å². The molecule has 0 saturated carbocycles. The Balaban J connectivity index is 2.58. The first-order chi connectivity index (χ1) is 9.04. The molecule has 94 valence electrons. The SMILES string of the molecule is Cn1cc(C(=O)c2ccccc2O)cc(C#N)c1=O. The fraction of sp³-hybridized carbons (Fsp3) is 0.0714. The fourth-order valence-electron chi connectivity index (χ4n) is 1.74. The van der Waals surface area contributed by atoms with Crippen molar-refractivity contribution >= 4 is 5.78 Å². The van der Waals surface area contributed by atoms with E-state index < -0.39 is 11.3 Å². The van der Waals surface area contributed by atoms with Gasteiger partial charge in [-0.25, -0.2) is 0 Å². The molecular formula is C14H10N2O3. The summed E-state index contributed by atoms with van der Waals surface area (Å²) in [6.45, 7) is 0. The van der Waals surface area contributed by atoms with Crippen molar-refractivity contribution < 1.29 is 9.90 Å². The Hall–Kier alpha value is -2.87. The number of benzene rings is 1. The van der Waals surface area contributed by atoms with Crippen LogP contribution in [0.5, 0.6) is 5.75 Å². The maximum absolute atomic E-state index is 12.2. The third kappa shape index (κ3) is 2.24. The highest BCUT2D eigenvalue weighted by Crippen LogP contribution is 2.19. The number of phenols is 1. The van der Waals surface area contributed by atoms with Crippen molar-refractivity contribution in [2.24, 2.45) is 7.05 Å². The molecule has 0 fully saturated rings. The van der Waals surface area contributed by atoms with Crippen molar-refractivity contribution in [1.29, 1.82) is 5.26 Å². The smallest absolute Gasteiger partial charge is 0.268 e. The quantitative estimate of drug-likeness (QED) is 0.816. The molecule has 0 atom stereocenters. The number of aromatic nitrogens is 1. The number of phenolic OH excluding ortho intramolecular Hbond substituents is 1. The van der Waals surface area contributed by atoms with E-state index in [1.54, 1.807) is 18.2 Å². The van der Waals surface area contributed by atoms with Crippen molar-refractivity contribution in [3.05, 3.63) is 63.6 Å². The van der Waals surface area contributed by atoms with Gasteiger partial charge in [0.2, 0.25) is 0 Å². The number of hydrogen-bond donors (Lipinski definition) is 1. The molecule has 0 radical (unpaired) electrons. The molecule has 1 N–H and O–H groups in total. The highest BCUT2D eigenvalue weighted by Gasteiger charge is 2.15. The van der Waals surface area contributed by atoms with Gasteiger partial charge >= 0.3 is 0 Å². The van der Waals surface area contributed by atoms with E-state index in [9.17, 15) is 14.7 Å². The zero-order valence-electron chi connectivity index (χ0n) is 10.1. The number of para-hydroxylation sites is 1. The number of ketones is 1. The van der Waals surface area contributed by atoms with Gasteiger partial charge in [0.1, 0.15) is 17.4 Å². The van der Waals surface area contributed by atoms with Crippen LogP contribution in [0, 0.1) is 11.3 Å². The summed E-state index contributed by atoms with van der Waals surface area (Å²) >= 11 is 0. The number of nitriles is 1. The van der Waals surface area contributed by atoms with Gasteiger partial charge in [-0.2, -0.15) is 5.26 Å². The first kappa shape index (κ1) is 12.6. The molecule has 19 heavy (non-hydrogen) atoms. The second-order valence-corrected chi connectivity index (χ2v) is 4.02. The number of carbonyl (C=O) groups excluding carboxylic acids is 1. The molecule has 0 bridgehead atoms. The number of nitrogens with zero attached hydrogens (tertiary/aromatic N) is 2. The predicted molar refractivity (Wildman–Crippen MR) is 67.9 cm³/mol. The Morgan fingerprint density at radius 1 is 1.37 bits per heavy atom. The fourth-order valence-corrected chi connectivity index (χ4v) is 1.74. The van der Waals surface area contributed by atoms with Crippen molar-refractivity contribution in [2.75, 3.05) is 0 Å². The van der Waals surface area contributed by atoms with E-state index in [1.165, 1.54) is 36.0 Å². The molecule has 2 rings (SSSR count). The molecular weight excluding hydrogens is 244 g/mol. The maximum atomic E-state index is 12.2. The van der Waals surface area contributed by atoms with Crippen LogP contribution in [0.1, 0.15) is 21.5 Å². The zero-order chi connectivity index (χ0) is 14.0. The zero-order valence-corrected chi connectivity index (χ0v) is 10.1. The average molecular weight is 254 g/mol. The summed E-state index contributed by atoms with van der Waals surface area (Å²) in [5.74, 6) is -0.579. The number of aromatic hydroxyl groups is 1. The van der Waals surface area contributed by atoms with Crippen molar-refractivity contribution in [1.82, 2.24) is 4.57 Å². The third-order valence-corrected chi connectivity index (χ3v) is 2.71. The van der Waals surface area contributed by atoms with Gasteiger partial charge in [0.05, 0.1) is 5.56 Å². The van der Waals surface area contributed by atoms with E-state index in [2.05, 4.69) is 0 Å². The first-order valence-electron chi connectivity index (χ1n) is 5.48. The number of pyridine rings is 1. The van der Waals surface area contributed by atoms with Crippen LogP contribution in [-0.2, 0) is 7.05 Å². The third-order valence-electron chi connectivity index (χ3n) is 2.71. The number of hydrogen-bond acceptors (Lipinski definition) is 4. The van der Waals surface area contributed by atoms with E-state index in [4.69, 9.17) is 5.26 Å². The van der Waals surface area contributed by atoms with Gasteiger partial charge in [-0.05, 0) is 18.2 Å². The summed E-state index contributed by atoms with van der Waals surface area (Å²) in [5, 5.41) is 18.5. The molecule has 0 amide bonds. The molecule has 1 aromatic heterocycles.